The van der Waals surface area contributed by atoms with Gasteiger partial charge in [0.25, 0.3) is 0 Å². The summed E-state index contributed by atoms with van der Waals surface area (Å²) in [6.07, 6.45) is 1.20. The van der Waals surface area contributed by atoms with Gasteiger partial charge in [-0.25, -0.2) is 4.63 Å². The summed E-state index contributed by atoms with van der Waals surface area (Å²) in [5.74, 6) is 0.262. The normalized spacial score (nSPS) is 12.8. The van der Waals surface area contributed by atoms with Crippen LogP contribution in [0.4, 0.5) is 0 Å². The fraction of sp³-hybridized carbons (Fsp3) is 0.667. The molecule has 1 atom stereocenters. The van der Waals surface area contributed by atoms with Crippen LogP contribution in [0.5, 0.6) is 0 Å². The van der Waals surface area contributed by atoms with Crippen molar-refractivity contribution in [3.05, 3.63) is 11.4 Å². The molecule has 1 heterocycles. The van der Waals surface area contributed by atoms with Gasteiger partial charge in [-0.2, -0.15) is 0 Å². The van der Waals surface area contributed by atoms with E-state index in [2.05, 4.69) is 14.9 Å². The van der Waals surface area contributed by atoms with Gasteiger partial charge in [-0.05, 0) is 6.92 Å². The summed E-state index contributed by atoms with van der Waals surface area (Å²) < 4.78 is 4.55. The van der Waals surface area contributed by atoms with Crippen LogP contribution in [0.1, 0.15) is 31.7 Å². The van der Waals surface area contributed by atoms with Crippen molar-refractivity contribution in [1.29, 1.82) is 0 Å². The molecule has 0 aliphatic carbocycles. The maximum absolute atomic E-state index is 11.3. The molecule has 13 heavy (non-hydrogen) atoms. The molecule has 0 bridgehead atoms. The van der Waals surface area contributed by atoms with Crippen LogP contribution in [0, 0.1) is 12.8 Å². The van der Waals surface area contributed by atoms with E-state index >= 15 is 0 Å². The average Bonchev–Trinajstić information content (AvgIpc) is 2.50. The van der Waals surface area contributed by atoms with E-state index in [0.29, 0.717) is 12.8 Å². The fourth-order valence-electron chi connectivity index (χ4n) is 1.19. The summed E-state index contributed by atoms with van der Waals surface area (Å²) in [5.41, 5.74) is 1.56. The van der Waals surface area contributed by atoms with Crippen molar-refractivity contribution in [2.24, 2.45) is 5.92 Å². The van der Waals surface area contributed by atoms with Crippen LogP contribution in [-0.4, -0.2) is 16.1 Å². The highest BCUT2D eigenvalue weighted by molar-refractivity contribution is 5.80. The molecule has 0 spiro atoms. The molecule has 0 saturated heterocycles. The number of ketones is 1. The Hall–Kier alpha value is -1.19. The highest BCUT2D eigenvalue weighted by atomic mass is 16.6. The summed E-state index contributed by atoms with van der Waals surface area (Å²) in [6, 6.07) is 0. The van der Waals surface area contributed by atoms with Gasteiger partial charge in [0.05, 0.1) is 0 Å². The quantitative estimate of drug-likeness (QED) is 0.708. The molecule has 0 aliphatic rings. The first-order chi connectivity index (χ1) is 6.15. The van der Waals surface area contributed by atoms with Crippen LogP contribution in [-0.2, 0) is 11.2 Å². The van der Waals surface area contributed by atoms with E-state index in [1.807, 2.05) is 20.8 Å². The predicted octanol–water partition coefficient (Wildman–Crippen LogP) is 1.54. The minimum absolute atomic E-state index is 0.00981. The Labute approximate surface area is 77.3 Å². The molecule has 0 N–H and O–H groups in total. The van der Waals surface area contributed by atoms with Crippen LogP contribution in [0.15, 0.2) is 4.63 Å². The molecule has 1 unspecified atom stereocenters. The van der Waals surface area contributed by atoms with Gasteiger partial charge in [0.2, 0.25) is 0 Å². The van der Waals surface area contributed by atoms with Crippen molar-refractivity contribution in [1.82, 2.24) is 10.3 Å². The lowest BCUT2D eigenvalue weighted by atomic mass is 9.98. The molecule has 4 heteroatoms. The van der Waals surface area contributed by atoms with Gasteiger partial charge in [-0.1, -0.05) is 24.2 Å². The standard InChI is InChI=1S/C9H14N2O2/c1-4-9(12)6(2)5-8-7(3)10-13-11-8/h6H,4-5H2,1-3H3. The molecule has 1 aromatic heterocycles. The van der Waals surface area contributed by atoms with Crippen molar-refractivity contribution < 1.29 is 9.42 Å². The lowest BCUT2D eigenvalue weighted by Crippen LogP contribution is -2.13. The van der Waals surface area contributed by atoms with Gasteiger partial charge in [-0.15, -0.1) is 0 Å². The molecule has 0 aromatic carbocycles. The van der Waals surface area contributed by atoms with E-state index in [1.54, 1.807) is 0 Å². The molecule has 1 aromatic rings. The first kappa shape index (κ1) is 9.89. The Morgan fingerprint density at radius 2 is 2.23 bits per heavy atom. The molecule has 0 fully saturated rings. The van der Waals surface area contributed by atoms with E-state index < -0.39 is 0 Å². The fourth-order valence-corrected chi connectivity index (χ4v) is 1.19. The highest BCUT2D eigenvalue weighted by Gasteiger charge is 2.15. The second-order valence-electron chi connectivity index (χ2n) is 3.22. The van der Waals surface area contributed by atoms with E-state index in [0.717, 1.165) is 11.4 Å². The molecule has 0 radical (unpaired) electrons. The van der Waals surface area contributed by atoms with E-state index in [1.165, 1.54) is 0 Å². The molecule has 1 rings (SSSR count). The number of nitrogens with zero attached hydrogens (tertiary/aromatic N) is 2. The molecule has 0 aliphatic heterocycles. The Morgan fingerprint density at radius 1 is 1.54 bits per heavy atom. The molecular formula is C9H14N2O2. The topological polar surface area (TPSA) is 56.0 Å². The minimum Gasteiger partial charge on any atom is -0.299 e. The van der Waals surface area contributed by atoms with Crippen molar-refractivity contribution in [2.45, 2.75) is 33.6 Å². The third kappa shape index (κ3) is 2.37. The van der Waals surface area contributed by atoms with Crippen LogP contribution in [0.2, 0.25) is 0 Å². The van der Waals surface area contributed by atoms with Crippen molar-refractivity contribution in [3.8, 4) is 0 Å². The van der Waals surface area contributed by atoms with Gasteiger partial charge < -0.3 is 0 Å². The van der Waals surface area contributed by atoms with Crippen LogP contribution < -0.4 is 0 Å². The maximum atomic E-state index is 11.3. The summed E-state index contributed by atoms with van der Waals surface area (Å²) in [7, 11) is 0. The summed E-state index contributed by atoms with van der Waals surface area (Å²) in [4.78, 5) is 11.3. The van der Waals surface area contributed by atoms with Crippen LogP contribution >= 0.6 is 0 Å². The van der Waals surface area contributed by atoms with Gasteiger partial charge in [0, 0.05) is 18.8 Å². The Bertz CT molecular complexity index is 294. The van der Waals surface area contributed by atoms with Crippen LogP contribution in [0.3, 0.4) is 0 Å². The van der Waals surface area contributed by atoms with Crippen molar-refractivity contribution in [3.63, 3.8) is 0 Å². The number of aromatic nitrogens is 2. The second kappa shape index (κ2) is 4.16. The maximum Gasteiger partial charge on any atom is 0.135 e. The summed E-state index contributed by atoms with van der Waals surface area (Å²) >= 11 is 0. The smallest absolute Gasteiger partial charge is 0.135 e. The lowest BCUT2D eigenvalue weighted by molar-refractivity contribution is -0.122. The largest absolute Gasteiger partial charge is 0.299 e. The predicted molar refractivity (Wildman–Crippen MR) is 47.2 cm³/mol. The number of carbonyl (C=O) groups excluding carboxylic acids is 1. The molecule has 0 saturated carbocycles. The van der Waals surface area contributed by atoms with E-state index in [4.69, 9.17) is 0 Å². The van der Waals surface area contributed by atoms with Gasteiger partial charge in [0.15, 0.2) is 0 Å². The molecule has 0 amide bonds. The van der Waals surface area contributed by atoms with Gasteiger partial charge in [-0.3, -0.25) is 4.79 Å². The first-order valence-corrected chi connectivity index (χ1v) is 4.45. The zero-order valence-electron chi connectivity index (χ0n) is 8.20. The number of carbonyl (C=O) groups is 1. The Balaban J connectivity index is 2.59. The molecule has 4 nitrogen and oxygen atoms in total. The SMILES string of the molecule is CCC(=O)C(C)Cc1nonc1C. The summed E-state index contributed by atoms with van der Waals surface area (Å²) in [5, 5.41) is 7.39. The molecule has 72 valence electrons. The second-order valence-corrected chi connectivity index (χ2v) is 3.22. The van der Waals surface area contributed by atoms with Crippen molar-refractivity contribution >= 4 is 5.78 Å². The van der Waals surface area contributed by atoms with Gasteiger partial charge in [0.1, 0.15) is 17.2 Å². The lowest BCUT2D eigenvalue weighted by Gasteiger charge is -2.05. The van der Waals surface area contributed by atoms with Crippen LogP contribution in [0.25, 0.3) is 0 Å². The Kier molecular flexibility index (Phi) is 3.17. The number of hydrogen-bond donors (Lipinski definition) is 0. The number of aryl methyl sites for hydroxylation is 1. The molecular weight excluding hydrogens is 168 g/mol. The third-order valence-corrected chi connectivity index (χ3v) is 2.14. The Morgan fingerprint density at radius 3 is 2.69 bits per heavy atom. The number of Topliss-reactive ketones (excluding diaryl/α,β-unsaturated/α-hetero) is 1. The minimum atomic E-state index is 0.00981. The number of hydrogen-bond acceptors (Lipinski definition) is 4. The van der Waals surface area contributed by atoms with E-state index in [-0.39, 0.29) is 11.7 Å². The zero-order valence-corrected chi connectivity index (χ0v) is 8.20. The third-order valence-electron chi connectivity index (χ3n) is 2.14. The van der Waals surface area contributed by atoms with Gasteiger partial charge >= 0.3 is 0 Å². The first-order valence-electron chi connectivity index (χ1n) is 4.45. The highest BCUT2D eigenvalue weighted by Crippen LogP contribution is 2.10. The zero-order chi connectivity index (χ0) is 9.84. The number of rotatable bonds is 4. The monoisotopic (exact) mass is 182 g/mol. The summed E-state index contributed by atoms with van der Waals surface area (Å²) in [6.45, 7) is 5.60. The van der Waals surface area contributed by atoms with Crippen molar-refractivity contribution in [2.75, 3.05) is 0 Å². The van der Waals surface area contributed by atoms with E-state index in [9.17, 15) is 4.79 Å². The average molecular weight is 182 g/mol.